The largest absolute Gasteiger partial charge is 0.149 e. The lowest BCUT2D eigenvalue weighted by Crippen LogP contribution is -2.12. The fraction of sp³-hybridized carbons (Fsp3) is 0.600. The Morgan fingerprint density at radius 1 is 1.45 bits per heavy atom. The fourth-order valence-electron chi connectivity index (χ4n) is 1.01. The van der Waals surface area contributed by atoms with E-state index in [1.807, 2.05) is 11.3 Å². The van der Waals surface area contributed by atoms with Gasteiger partial charge in [0, 0.05) is 4.88 Å². The summed E-state index contributed by atoms with van der Waals surface area (Å²) in [4.78, 5) is 1.51. The maximum Gasteiger partial charge on any atom is 0.00505 e. The van der Waals surface area contributed by atoms with Crippen LogP contribution in [0.4, 0.5) is 0 Å². The van der Waals surface area contributed by atoms with Crippen LogP contribution in [-0.4, -0.2) is 0 Å². The van der Waals surface area contributed by atoms with Gasteiger partial charge in [0.2, 0.25) is 0 Å². The summed E-state index contributed by atoms with van der Waals surface area (Å²) < 4.78 is 0. The third kappa shape index (κ3) is 2.66. The lowest BCUT2D eigenvalue weighted by atomic mass is 9.86. The molecule has 0 fully saturated rings. The van der Waals surface area contributed by atoms with Crippen molar-refractivity contribution in [3.8, 4) is 0 Å². The number of hydrogen-bond donors (Lipinski definition) is 0. The van der Waals surface area contributed by atoms with Gasteiger partial charge in [0.25, 0.3) is 0 Å². The van der Waals surface area contributed by atoms with Gasteiger partial charge < -0.3 is 0 Å². The lowest BCUT2D eigenvalue weighted by molar-refractivity contribution is 0.352. The van der Waals surface area contributed by atoms with E-state index >= 15 is 0 Å². The lowest BCUT2D eigenvalue weighted by Gasteiger charge is -2.21. The number of thiophene rings is 1. The first-order chi connectivity index (χ1) is 5.14. The van der Waals surface area contributed by atoms with Gasteiger partial charge >= 0.3 is 0 Å². The zero-order valence-corrected chi connectivity index (χ0v) is 8.37. The number of rotatable bonds is 3. The third-order valence-corrected chi connectivity index (χ3v) is 3.07. The molecule has 62 valence electrons. The molecule has 1 aromatic rings. The molecule has 0 nitrogen and oxygen atoms in total. The van der Waals surface area contributed by atoms with Gasteiger partial charge in [-0.1, -0.05) is 33.3 Å². The maximum atomic E-state index is 2.33. The molecule has 0 spiro atoms. The Hall–Kier alpha value is -0.300. The van der Waals surface area contributed by atoms with E-state index in [-0.39, 0.29) is 0 Å². The van der Waals surface area contributed by atoms with Gasteiger partial charge in [-0.2, -0.15) is 0 Å². The summed E-state index contributed by atoms with van der Waals surface area (Å²) in [6, 6.07) is 4.35. The summed E-state index contributed by atoms with van der Waals surface area (Å²) in [5.41, 5.74) is 0.477. The molecule has 11 heavy (non-hydrogen) atoms. The van der Waals surface area contributed by atoms with Crippen molar-refractivity contribution >= 4 is 11.3 Å². The molecule has 0 aliphatic carbocycles. The molecule has 0 saturated carbocycles. The van der Waals surface area contributed by atoms with Crippen molar-refractivity contribution in [3.63, 3.8) is 0 Å². The van der Waals surface area contributed by atoms with Crippen molar-refractivity contribution in [2.75, 3.05) is 0 Å². The van der Waals surface area contributed by atoms with Crippen LogP contribution in [0, 0.1) is 5.41 Å². The summed E-state index contributed by atoms with van der Waals surface area (Å²) in [5, 5.41) is 2.15. The van der Waals surface area contributed by atoms with Crippen LogP contribution in [0.3, 0.4) is 0 Å². The Labute approximate surface area is 73.3 Å². The minimum Gasteiger partial charge on any atom is -0.149 e. The van der Waals surface area contributed by atoms with Gasteiger partial charge in [0.05, 0.1) is 0 Å². The molecule has 0 aliphatic heterocycles. The van der Waals surface area contributed by atoms with Gasteiger partial charge in [-0.3, -0.25) is 0 Å². The predicted octanol–water partition coefficient (Wildman–Crippen LogP) is 3.73. The van der Waals surface area contributed by atoms with Gasteiger partial charge in [0.1, 0.15) is 0 Å². The highest BCUT2D eigenvalue weighted by Crippen LogP contribution is 2.27. The second-order valence-electron chi connectivity index (χ2n) is 3.77. The average Bonchev–Trinajstić information content (AvgIpc) is 2.39. The van der Waals surface area contributed by atoms with E-state index in [9.17, 15) is 0 Å². The monoisotopic (exact) mass is 168 g/mol. The van der Waals surface area contributed by atoms with Crippen molar-refractivity contribution in [2.45, 2.75) is 33.6 Å². The normalized spacial score (nSPS) is 11.9. The molecule has 0 atom stereocenters. The Bertz CT molecular complexity index is 197. The van der Waals surface area contributed by atoms with Gasteiger partial charge in [0.15, 0.2) is 0 Å². The highest BCUT2D eigenvalue weighted by Gasteiger charge is 2.15. The predicted molar refractivity (Wildman–Crippen MR) is 52.1 cm³/mol. The van der Waals surface area contributed by atoms with Crippen LogP contribution in [0.5, 0.6) is 0 Å². The van der Waals surface area contributed by atoms with Crippen LogP contribution < -0.4 is 0 Å². The zero-order chi connectivity index (χ0) is 8.32. The van der Waals surface area contributed by atoms with Crippen molar-refractivity contribution < 1.29 is 0 Å². The molecule has 0 radical (unpaired) electrons. The molecule has 1 aromatic heterocycles. The molecule has 0 N–H and O–H groups in total. The Balaban J connectivity index is 2.56. The highest BCUT2D eigenvalue weighted by atomic mass is 32.1. The summed E-state index contributed by atoms with van der Waals surface area (Å²) in [6.07, 6.45) is 2.48. The molecule has 1 rings (SSSR count). The van der Waals surface area contributed by atoms with E-state index in [1.54, 1.807) is 0 Å². The Kier molecular flexibility index (Phi) is 2.72. The molecule has 1 heteroatoms. The van der Waals surface area contributed by atoms with E-state index in [4.69, 9.17) is 0 Å². The molecular formula is C10H16S. The molecule has 1 heterocycles. The fourth-order valence-corrected chi connectivity index (χ4v) is 1.97. The molecule has 0 saturated heterocycles. The number of hydrogen-bond acceptors (Lipinski definition) is 1. The zero-order valence-electron chi connectivity index (χ0n) is 7.55. The third-order valence-electron chi connectivity index (χ3n) is 2.19. The van der Waals surface area contributed by atoms with Crippen LogP contribution >= 0.6 is 11.3 Å². The Morgan fingerprint density at radius 2 is 2.18 bits per heavy atom. The molecule has 0 aromatic carbocycles. The topological polar surface area (TPSA) is 0 Å². The first kappa shape index (κ1) is 8.79. The van der Waals surface area contributed by atoms with Crippen molar-refractivity contribution in [1.29, 1.82) is 0 Å². The van der Waals surface area contributed by atoms with Crippen LogP contribution in [-0.2, 0) is 6.42 Å². The minimum atomic E-state index is 0.477. The standard InChI is InChI=1S/C10H16S/c1-4-10(2,3)8-9-6-5-7-11-9/h5-7H,4,8H2,1-3H3. The highest BCUT2D eigenvalue weighted by molar-refractivity contribution is 7.09. The van der Waals surface area contributed by atoms with Crippen molar-refractivity contribution in [1.82, 2.24) is 0 Å². The van der Waals surface area contributed by atoms with Crippen LogP contribution in [0.15, 0.2) is 17.5 Å². The summed E-state index contributed by atoms with van der Waals surface area (Å²) >= 11 is 1.87. The minimum absolute atomic E-state index is 0.477. The van der Waals surface area contributed by atoms with Crippen LogP contribution in [0.25, 0.3) is 0 Å². The summed E-state index contributed by atoms with van der Waals surface area (Å²) in [5.74, 6) is 0. The molecule has 0 bridgehead atoms. The van der Waals surface area contributed by atoms with E-state index in [0.29, 0.717) is 5.41 Å². The SMILES string of the molecule is CCC(C)(C)Cc1cccs1. The van der Waals surface area contributed by atoms with Crippen molar-refractivity contribution in [2.24, 2.45) is 5.41 Å². The molecule has 0 aliphatic rings. The molecule has 0 unspecified atom stereocenters. The van der Waals surface area contributed by atoms with Gasteiger partial charge in [-0.05, 0) is 23.3 Å². The summed E-state index contributed by atoms with van der Waals surface area (Å²) in [7, 11) is 0. The van der Waals surface area contributed by atoms with E-state index in [1.165, 1.54) is 17.7 Å². The Morgan fingerprint density at radius 3 is 2.64 bits per heavy atom. The van der Waals surface area contributed by atoms with Crippen LogP contribution in [0.1, 0.15) is 32.1 Å². The quantitative estimate of drug-likeness (QED) is 0.645. The van der Waals surface area contributed by atoms with Crippen molar-refractivity contribution in [3.05, 3.63) is 22.4 Å². The molecular weight excluding hydrogens is 152 g/mol. The second kappa shape index (κ2) is 3.40. The van der Waals surface area contributed by atoms with E-state index < -0.39 is 0 Å². The average molecular weight is 168 g/mol. The van der Waals surface area contributed by atoms with E-state index in [2.05, 4.69) is 38.3 Å². The van der Waals surface area contributed by atoms with Gasteiger partial charge in [-0.25, -0.2) is 0 Å². The first-order valence-corrected chi connectivity index (χ1v) is 5.04. The summed E-state index contributed by atoms with van der Waals surface area (Å²) in [6.45, 7) is 6.91. The smallest absolute Gasteiger partial charge is 0.00505 e. The van der Waals surface area contributed by atoms with E-state index in [0.717, 1.165) is 0 Å². The van der Waals surface area contributed by atoms with Crippen LogP contribution in [0.2, 0.25) is 0 Å². The maximum absolute atomic E-state index is 2.33. The van der Waals surface area contributed by atoms with Gasteiger partial charge in [-0.15, -0.1) is 11.3 Å². The first-order valence-electron chi connectivity index (χ1n) is 4.16. The molecule has 0 amide bonds. The second-order valence-corrected chi connectivity index (χ2v) is 4.81.